The maximum absolute atomic E-state index is 13.7. The quantitative estimate of drug-likeness (QED) is 0.389. The topological polar surface area (TPSA) is 140 Å². The second-order valence-electron chi connectivity index (χ2n) is 10.3. The fourth-order valence-electron chi connectivity index (χ4n) is 5.16. The molecule has 0 spiro atoms. The first-order chi connectivity index (χ1) is 21.5. The van der Waals surface area contributed by atoms with Crippen LogP contribution in [0, 0.1) is 0 Å². The van der Waals surface area contributed by atoms with E-state index in [-0.39, 0.29) is 44.3 Å². The van der Waals surface area contributed by atoms with E-state index >= 15 is 0 Å². The van der Waals surface area contributed by atoms with Gasteiger partial charge in [-0.25, -0.2) is 9.89 Å². The number of nitrogens with zero attached hydrogens (tertiary/aromatic N) is 3. The Kier molecular flexibility index (Phi) is 7.30. The van der Waals surface area contributed by atoms with E-state index in [0.717, 1.165) is 5.56 Å². The van der Waals surface area contributed by atoms with Crippen molar-refractivity contribution < 1.29 is 33.3 Å². The van der Waals surface area contributed by atoms with E-state index in [4.69, 9.17) is 23.9 Å². The number of nitrogens with one attached hydrogen (secondary N) is 2. The Balaban J connectivity index is 1.05. The highest BCUT2D eigenvalue weighted by molar-refractivity contribution is 8.15. The lowest BCUT2D eigenvalue weighted by Gasteiger charge is -2.27. The fraction of sp³-hybridized carbons (Fsp3) is 0.258. The van der Waals surface area contributed by atoms with Gasteiger partial charge in [0.25, 0.3) is 5.91 Å². The molecule has 3 amide bonds. The molecule has 44 heavy (non-hydrogen) atoms. The fourth-order valence-corrected chi connectivity index (χ4v) is 6.18. The van der Waals surface area contributed by atoms with Gasteiger partial charge < -0.3 is 29.6 Å². The van der Waals surface area contributed by atoms with Crippen LogP contribution < -0.4 is 29.6 Å². The van der Waals surface area contributed by atoms with Crippen molar-refractivity contribution in [2.45, 2.75) is 37.6 Å². The number of carbonyl (C=O) groups excluding carboxylic acids is 3. The summed E-state index contributed by atoms with van der Waals surface area (Å²) in [6.45, 7) is 2.46. The molecule has 0 saturated carbocycles. The molecule has 3 aromatic carbocycles. The highest BCUT2D eigenvalue weighted by atomic mass is 32.2. The van der Waals surface area contributed by atoms with Crippen molar-refractivity contribution in [3.05, 3.63) is 71.8 Å². The lowest BCUT2D eigenvalue weighted by molar-refractivity contribution is -0.128. The number of ether oxygens (including phenoxy) is 4. The number of carbonyl (C=O) groups is 3. The summed E-state index contributed by atoms with van der Waals surface area (Å²) in [5.41, 5.74) is 2.73. The minimum absolute atomic E-state index is 0.134. The first kappa shape index (κ1) is 27.8. The molecule has 4 aliphatic rings. The number of anilines is 1. The number of hydrogen-bond acceptors (Lipinski definition) is 10. The first-order valence-electron chi connectivity index (χ1n) is 14.1. The molecule has 0 unspecified atom stereocenters. The predicted molar refractivity (Wildman–Crippen MR) is 163 cm³/mol. The summed E-state index contributed by atoms with van der Waals surface area (Å²) < 4.78 is 21.5. The number of para-hydroxylation sites is 1. The lowest BCUT2D eigenvalue weighted by Crippen LogP contribution is -2.43. The van der Waals surface area contributed by atoms with Gasteiger partial charge in [-0.2, -0.15) is 0 Å². The van der Waals surface area contributed by atoms with E-state index in [1.54, 1.807) is 24.3 Å². The molecule has 0 bridgehead atoms. The van der Waals surface area contributed by atoms with E-state index in [1.807, 2.05) is 43.3 Å². The number of amides is 3. The second-order valence-corrected chi connectivity index (χ2v) is 11.5. The van der Waals surface area contributed by atoms with Crippen LogP contribution in [0.1, 0.15) is 30.9 Å². The average Bonchev–Trinajstić information content (AvgIpc) is 3.77. The molecule has 224 valence electrons. The number of thioether (sulfide) groups is 1. The van der Waals surface area contributed by atoms with Crippen molar-refractivity contribution in [1.82, 2.24) is 10.2 Å². The van der Waals surface area contributed by atoms with Crippen LogP contribution >= 0.6 is 11.8 Å². The highest BCUT2D eigenvalue weighted by Crippen LogP contribution is 2.37. The van der Waals surface area contributed by atoms with Crippen molar-refractivity contribution in [1.29, 1.82) is 0 Å². The normalized spacial score (nSPS) is 17.8. The molecule has 4 heterocycles. The third-order valence-electron chi connectivity index (χ3n) is 7.40. The number of benzene rings is 3. The van der Waals surface area contributed by atoms with Crippen LogP contribution in [0.3, 0.4) is 0 Å². The zero-order chi connectivity index (χ0) is 30.2. The Labute approximate surface area is 256 Å². The van der Waals surface area contributed by atoms with Gasteiger partial charge in [-0.15, -0.1) is 0 Å². The molecule has 0 aromatic heterocycles. The van der Waals surface area contributed by atoms with Crippen LogP contribution in [0.15, 0.2) is 70.6 Å². The highest BCUT2D eigenvalue weighted by Gasteiger charge is 2.43. The van der Waals surface area contributed by atoms with Gasteiger partial charge in [-0.3, -0.25) is 19.4 Å². The summed E-state index contributed by atoms with van der Waals surface area (Å²) in [7, 11) is 0. The Morgan fingerprint density at radius 3 is 2.50 bits per heavy atom. The van der Waals surface area contributed by atoms with Crippen molar-refractivity contribution >= 4 is 51.9 Å². The molecule has 7 rings (SSSR count). The molecule has 2 N–H and O–H groups in total. The molecule has 12 nitrogen and oxygen atoms in total. The molecular weight excluding hydrogens is 586 g/mol. The van der Waals surface area contributed by atoms with Crippen LogP contribution in [0.5, 0.6) is 23.0 Å². The zero-order valence-corrected chi connectivity index (χ0v) is 24.4. The molecule has 2 atom stereocenters. The number of fused-ring (bicyclic) bond motifs is 5. The summed E-state index contributed by atoms with van der Waals surface area (Å²) in [5.74, 6) is 1.95. The van der Waals surface area contributed by atoms with Gasteiger partial charge >= 0.3 is 0 Å². The summed E-state index contributed by atoms with van der Waals surface area (Å²) in [6.07, 6.45) is 0.340. The Morgan fingerprint density at radius 1 is 0.977 bits per heavy atom. The largest absolute Gasteiger partial charge is 0.454 e. The third-order valence-corrected chi connectivity index (χ3v) is 8.72. The van der Waals surface area contributed by atoms with Gasteiger partial charge in [0.1, 0.15) is 11.9 Å². The molecule has 0 fully saturated rings. The van der Waals surface area contributed by atoms with Gasteiger partial charge in [0, 0.05) is 23.9 Å². The van der Waals surface area contributed by atoms with Crippen LogP contribution in [-0.4, -0.2) is 58.5 Å². The minimum atomic E-state index is -0.929. The van der Waals surface area contributed by atoms with Crippen molar-refractivity contribution in [3.63, 3.8) is 0 Å². The van der Waals surface area contributed by atoms with Crippen molar-refractivity contribution in [3.8, 4) is 23.0 Å². The summed E-state index contributed by atoms with van der Waals surface area (Å²) in [5, 5.41) is 5.56. The summed E-state index contributed by atoms with van der Waals surface area (Å²) in [6, 6.07) is 17.1. The maximum atomic E-state index is 13.7. The Hall–Kier alpha value is -5.04. The van der Waals surface area contributed by atoms with Gasteiger partial charge in [0.15, 0.2) is 28.2 Å². The molecule has 4 aliphatic heterocycles. The Morgan fingerprint density at radius 2 is 1.70 bits per heavy atom. The standard InChI is InChI=1S/C31H27N5O7S/c1-2-26(29(38)33-18-8-10-23-25(12-18)43-16-41-23)44-31-35-20-6-4-3-5-19(20)28-34-21(30(39)36(28)31)13-27(37)32-14-17-7-9-22-24(11-17)42-15-40-22/h3-12,21,26H,2,13-16H2,1H3,(H,32,37)(H,33,38)/t21-,26-/m0/s1. The van der Waals surface area contributed by atoms with Crippen molar-refractivity contribution in [2.24, 2.45) is 9.98 Å². The third kappa shape index (κ3) is 5.30. The molecule has 3 aromatic rings. The van der Waals surface area contributed by atoms with Gasteiger partial charge in [0.05, 0.1) is 17.4 Å². The summed E-state index contributed by atoms with van der Waals surface area (Å²) >= 11 is 1.18. The van der Waals surface area contributed by atoms with Crippen LogP contribution in [0.25, 0.3) is 0 Å². The van der Waals surface area contributed by atoms with Crippen LogP contribution in [-0.2, 0) is 20.9 Å². The van der Waals surface area contributed by atoms with Gasteiger partial charge in [-0.05, 0) is 48.4 Å². The van der Waals surface area contributed by atoms with E-state index in [2.05, 4.69) is 15.6 Å². The number of aliphatic imine (C=N–C) groups is 2. The molecule has 0 saturated heterocycles. The molecule has 0 radical (unpaired) electrons. The van der Waals surface area contributed by atoms with E-state index < -0.39 is 11.3 Å². The first-order valence-corrected chi connectivity index (χ1v) is 15.0. The van der Waals surface area contributed by atoms with E-state index in [0.29, 0.717) is 57.4 Å². The van der Waals surface area contributed by atoms with E-state index in [1.165, 1.54) is 16.7 Å². The number of hydrogen-bond donors (Lipinski definition) is 2. The lowest BCUT2D eigenvalue weighted by atomic mass is 10.1. The van der Waals surface area contributed by atoms with Crippen molar-refractivity contribution in [2.75, 3.05) is 18.9 Å². The zero-order valence-electron chi connectivity index (χ0n) is 23.6. The average molecular weight is 614 g/mol. The van der Waals surface area contributed by atoms with Crippen LogP contribution in [0.2, 0.25) is 0 Å². The van der Waals surface area contributed by atoms with E-state index in [9.17, 15) is 14.4 Å². The van der Waals surface area contributed by atoms with Crippen LogP contribution in [0.4, 0.5) is 11.4 Å². The van der Waals surface area contributed by atoms with Gasteiger partial charge in [0.2, 0.25) is 25.4 Å². The maximum Gasteiger partial charge on any atom is 0.259 e. The molecule has 13 heteroatoms. The predicted octanol–water partition coefficient (Wildman–Crippen LogP) is 3.96. The molecule has 0 aliphatic carbocycles. The molecular formula is C31H27N5O7S. The summed E-state index contributed by atoms with van der Waals surface area (Å²) in [4.78, 5) is 50.8. The number of rotatable bonds is 8. The monoisotopic (exact) mass is 613 g/mol. The second kappa shape index (κ2) is 11.6. The SMILES string of the molecule is CC[C@H](SC1=Nc2ccccc2C2=N[C@@H](CC(=O)NCc3ccc4c(c3)OCO4)C(=O)N12)C(=O)Nc1ccc2c(c1)OCO2. The smallest absolute Gasteiger partial charge is 0.259 e. The minimum Gasteiger partial charge on any atom is -0.454 e. The Bertz CT molecular complexity index is 1740. The van der Waals surface area contributed by atoms with Gasteiger partial charge in [-0.1, -0.05) is 36.9 Å². The number of amidine groups is 2.